The first-order chi connectivity index (χ1) is 28.8. The fourth-order valence-electron chi connectivity index (χ4n) is 9.42. The lowest BCUT2D eigenvalue weighted by molar-refractivity contribution is 1.08. The number of fused-ring (bicyclic) bond motifs is 3. The van der Waals surface area contributed by atoms with E-state index in [1.165, 1.54) is 108 Å². The number of benzene rings is 7. The Balaban J connectivity index is 1.20. The van der Waals surface area contributed by atoms with E-state index in [1.54, 1.807) is 0 Å². The highest BCUT2D eigenvalue weighted by atomic mass is 32.1. The van der Waals surface area contributed by atoms with Crippen LogP contribution in [-0.2, 0) is 0 Å². The molecule has 0 saturated heterocycles. The second kappa shape index (κ2) is 15.5. The second-order valence-electron chi connectivity index (χ2n) is 16.7. The van der Waals surface area contributed by atoms with Crippen LogP contribution in [0.2, 0.25) is 0 Å². The molecule has 2 aromatic heterocycles. The van der Waals surface area contributed by atoms with E-state index in [2.05, 4.69) is 177 Å². The Hall–Kier alpha value is -5.52. The molecule has 0 fully saturated rings. The molecule has 60 heavy (non-hydrogen) atoms. The highest BCUT2D eigenvalue weighted by Gasteiger charge is 2.25. The molecule has 0 spiro atoms. The third kappa shape index (κ3) is 6.48. The number of aromatic nitrogens is 3. The molecule has 0 atom stereocenters. The topological polar surface area (TPSA) is 38.7 Å². The van der Waals surface area contributed by atoms with Crippen LogP contribution in [0.1, 0.15) is 0 Å². The molecule has 9 rings (SSSR count). The average Bonchev–Trinajstić information content (AvgIpc) is 3.70. The van der Waals surface area contributed by atoms with Gasteiger partial charge >= 0.3 is 0 Å². The average molecular weight is 774 g/mol. The van der Waals surface area contributed by atoms with E-state index in [0.717, 1.165) is 22.3 Å². The normalized spacial score (nSPS) is 11.4. The predicted octanol–water partition coefficient (Wildman–Crippen LogP) is -6.92. The summed E-state index contributed by atoms with van der Waals surface area (Å²) >= 11 is 1.92. The summed E-state index contributed by atoms with van der Waals surface area (Å²) in [6.07, 6.45) is 0. The van der Waals surface area contributed by atoms with Gasteiger partial charge in [-0.15, -0.1) is 27.7 Å². The van der Waals surface area contributed by atoms with E-state index >= 15 is 0 Å². The van der Waals surface area contributed by atoms with Gasteiger partial charge in [0.25, 0.3) is 0 Å². The van der Waals surface area contributed by atoms with Crippen LogP contribution < -0.4 is 60.1 Å². The van der Waals surface area contributed by atoms with Crippen molar-refractivity contribution in [3.63, 3.8) is 0 Å². The van der Waals surface area contributed by atoms with E-state index in [4.69, 9.17) is 15.0 Å². The molecule has 0 amide bonds. The molecule has 0 aliphatic rings. The quantitative estimate of drug-likeness (QED) is 0.158. The lowest BCUT2D eigenvalue weighted by atomic mass is 9.57. The molecule has 0 saturated carbocycles. The van der Waals surface area contributed by atoms with Gasteiger partial charge in [-0.2, -0.15) is 0 Å². The Kier molecular flexibility index (Phi) is 10.3. The SMILES string of the molecule is Bc1c(B)c(B)c(-c2c(B)c(B)c3sc4c(B)c(-c5nc(-c6ccccc6)nc(-c6ccc(-c7ccc(-c8ccccc8)cc7)cc6)n5)c(B)c(B)c4c3c2B)c(B)c1B. The number of thiophene rings is 1. The Morgan fingerprint density at radius 3 is 1.12 bits per heavy atom. The molecule has 0 bridgehead atoms. The van der Waals surface area contributed by atoms with Gasteiger partial charge in [-0.25, -0.2) is 15.0 Å². The molecule has 274 valence electrons. The van der Waals surface area contributed by atoms with E-state index < -0.39 is 0 Å². The number of hydrogen-bond acceptors (Lipinski definition) is 4. The summed E-state index contributed by atoms with van der Waals surface area (Å²) in [5.74, 6) is 2.05. The highest BCUT2D eigenvalue weighted by molar-refractivity contribution is 7.28. The second-order valence-corrected chi connectivity index (χ2v) is 17.7. The summed E-state index contributed by atoms with van der Waals surface area (Å²) in [7, 11) is 25.3. The molecule has 0 aliphatic carbocycles. The van der Waals surface area contributed by atoms with Crippen LogP contribution in [0.25, 0.3) is 87.7 Å². The minimum atomic E-state index is 0.666. The van der Waals surface area contributed by atoms with Crippen molar-refractivity contribution in [2.75, 3.05) is 0 Å². The maximum absolute atomic E-state index is 5.30. The van der Waals surface area contributed by atoms with E-state index in [1.807, 2.05) is 29.5 Å². The molecule has 0 aliphatic heterocycles. The van der Waals surface area contributed by atoms with Crippen molar-refractivity contribution in [2.24, 2.45) is 0 Å². The van der Waals surface area contributed by atoms with Crippen LogP contribution >= 0.6 is 11.3 Å². The number of nitrogens with zero attached hydrogens (tertiary/aromatic N) is 3. The van der Waals surface area contributed by atoms with Crippen molar-refractivity contribution >= 4 is 178 Å². The van der Waals surface area contributed by atoms with Gasteiger partial charge in [0.2, 0.25) is 0 Å². The Morgan fingerprint density at radius 2 is 0.600 bits per heavy atom. The van der Waals surface area contributed by atoms with Gasteiger partial charge in [0, 0.05) is 26.1 Å². The molecule has 7 aromatic carbocycles. The maximum Gasteiger partial charge on any atom is 0.164 e. The number of hydrogen-bond donors (Lipinski definition) is 0. The predicted molar refractivity (Wildman–Crippen MR) is 295 cm³/mol. The molecule has 0 unspecified atom stereocenters. The van der Waals surface area contributed by atoms with Gasteiger partial charge < -0.3 is 0 Å². The van der Waals surface area contributed by atoms with Crippen LogP contribution in [0.3, 0.4) is 0 Å². The Labute approximate surface area is 367 Å². The minimum Gasteiger partial charge on any atom is -0.208 e. The van der Waals surface area contributed by atoms with E-state index in [0.29, 0.717) is 17.5 Å². The lowest BCUT2D eigenvalue weighted by Gasteiger charge is -2.25. The van der Waals surface area contributed by atoms with Gasteiger partial charge in [0.1, 0.15) is 86.3 Å². The molecule has 2 heterocycles. The summed E-state index contributed by atoms with van der Waals surface area (Å²) in [5, 5.41) is 2.74. The lowest BCUT2D eigenvalue weighted by Crippen LogP contribution is -2.56. The van der Waals surface area contributed by atoms with Gasteiger partial charge in [0.15, 0.2) is 17.5 Å². The van der Waals surface area contributed by atoms with Gasteiger partial charge in [-0.3, -0.25) is 0 Å². The van der Waals surface area contributed by atoms with Crippen LogP contribution in [0.15, 0.2) is 109 Å². The molecular weight excluding hydrogens is 734 g/mol. The van der Waals surface area contributed by atoms with E-state index in [9.17, 15) is 0 Å². The zero-order valence-corrected chi connectivity index (χ0v) is 37.5. The van der Waals surface area contributed by atoms with Crippen LogP contribution in [0.4, 0.5) is 0 Å². The molecule has 0 N–H and O–H groups in total. The zero-order valence-electron chi connectivity index (χ0n) is 36.6. The monoisotopic (exact) mass is 775 g/mol. The summed E-state index contributed by atoms with van der Waals surface area (Å²) in [6.45, 7) is 0. The fourth-order valence-corrected chi connectivity index (χ4v) is 10.9. The molecule has 9 aromatic rings. The molecule has 0 radical (unpaired) electrons. The Morgan fingerprint density at radius 1 is 0.267 bits per heavy atom. The summed E-state index contributed by atoms with van der Waals surface area (Å²) < 4.78 is 2.68. The van der Waals surface area contributed by atoms with Crippen molar-refractivity contribution in [1.82, 2.24) is 15.0 Å². The van der Waals surface area contributed by atoms with E-state index in [-0.39, 0.29) is 0 Å². The van der Waals surface area contributed by atoms with Gasteiger partial charge in [-0.05, 0) is 44.2 Å². The third-order valence-electron chi connectivity index (χ3n) is 13.6. The van der Waals surface area contributed by atoms with Crippen molar-refractivity contribution in [3.8, 4) is 67.5 Å². The third-order valence-corrected chi connectivity index (χ3v) is 15.0. The van der Waals surface area contributed by atoms with Crippen LogP contribution in [0, 0.1) is 0 Å². The number of rotatable bonds is 6. The van der Waals surface area contributed by atoms with Crippen LogP contribution in [-0.4, -0.2) is 101 Å². The van der Waals surface area contributed by atoms with Crippen molar-refractivity contribution in [1.29, 1.82) is 0 Å². The van der Waals surface area contributed by atoms with Crippen molar-refractivity contribution in [2.45, 2.75) is 0 Å². The minimum absolute atomic E-state index is 0.666. The Bertz CT molecular complexity index is 3170. The fraction of sp³-hybridized carbons (Fsp3) is 0. The van der Waals surface area contributed by atoms with Crippen LogP contribution in [0.5, 0.6) is 0 Å². The summed E-state index contributed by atoms with van der Waals surface area (Å²) in [6, 6.07) is 38.2. The zero-order chi connectivity index (χ0) is 42.1. The standard InChI is InChI=1S/C45H40B11N3S/c46-30-25(26-31(47)37(53)39(55)38(54)32(26)48)33(49)40(56)42-27(30)28-34(50)35(51)29(36(52)41(28)60-42)45-58-43(23-9-5-2-6-10-23)57-44(59-45)24-17-15-22(16-18-24)21-13-11-20(12-14-21)19-7-3-1-4-8-19/h1-18H,46-56H2. The molecule has 3 nitrogen and oxygen atoms in total. The van der Waals surface area contributed by atoms with Crippen molar-refractivity contribution < 1.29 is 0 Å². The maximum atomic E-state index is 5.30. The first-order valence-corrected chi connectivity index (χ1v) is 21.8. The van der Waals surface area contributed by atoms with Gasteiger partial charge in [0.05, 0.1) is 0 Å². The highest BCUT2D eigenvalue weighted by Crippen LogP contribution is 2.33. The van der Waals surface area contributed by atoms with Crippen molar-refractivity contribution in [3.05, 3.63) is 109 Å². The summed E-state index contributed by atoms with van der Waals surface area (Å²) in [5.41, 5.74) is 25.3. The first-order valence-electron chi connectivity index (χ1n) is 21.0. The smallest absolute Gasteiger partial charge is 0.164 e. The first kappa shape index (κ1) is 39.9. The molecule has 15 heteroatoms. The van der Waals surface area contributed by atoms with Gasteiger partial charge in [-0.1, -0.05) is 153 Å². The molecular formula is C45H40B11N3S. The largest absolute Gasteiger partial charge is 0.208 e. The summed E-state index contributed by atoms with van der Waals surface area (Å²) in [4.78, 5) is 15.7.